The molecule has 5 rings (SSSR count). The molecule has 1 saturated carbocycles. The number of carbonyl (C=O) groups excluding carboxylic acids is 2. The van der Waals surface area contributed by atoms with E-state index in [0.717, 1.165) is 41.1 Å². The van der Waals surface area contributed by atoms with Crippen molar-refractivity contribution in [3.8, 4) is 5.75 Å². The van der Waals surface area contributed by atoms with Crippen molar-refractivity contribution in [3.05, 3.63) is 125 Å². The summed E-state index contributed by atoms with van der Waals surface area (Å²) in [5.74, 6) is -0.226. The number of anilines is 1. The summed E-state index contributed by atoms with van der Waals surface area (Å²) in [6, 6.07) is 30.3. The molecule has 0 radical (unpaired) electrons. The third kappa shape index (κ3) is 8.08. The molecule has 0 spiro atoms. The van der Waals surface area contributed by atoms with Gasteiger partial charge in [0.1, 0.15) is 18.3 Å². The average Bonchev–Trinajstić information content (AvgIpc) is 3.59. The summed E-state index contributed by atoms with van der Waals surface area (Å²) in [4.78, 5) is 30.2. The first-order valence-electron chi connectivity index (χ1n) is 15.4. The Bertz CT molecular complexity index is 1730. The topological polar surface area (TPSA) is 96.0 Å². The van der Waals surface area contributed by atoms with Crippen LogP contribution in [0, 0.1) is 0 Å². The molecule has 0 heterocycles. The molecule has 1 fully saturated rings. The fourth-order valence-corrected chi connectivity index (χ4v) is 7.52. The monoisotopic (exact) mass is 659 g/mol. The average molecular weight is 660 g/mol. The van der Waals surface area contributed by atoms with E-state index in [4.69, 9.17) is 16.3 Å². The second kappa shape index (κ2) is 15.3. The van der Waals surface area contributed by atoms with Crippen LogP contribution in [-0.2, 0) is 32.6 Å². The molecule has 8 nitrogen and oxygen atoms in total. The zero-order valence-corrected chi connectivity index (χ0v) is 27.3. The Labute approximate surface area is 276 Å². The van der Waals surface area contributed by atoms with Crippen LogP contribution in [0.3, 0.4) is 0 Å². The lowest BCUT2D eigenvalue weighted by molar-refractivity contribution is -0.140. The molecular weight excluding hydrogens is 622 g/mol. The fourth-order valence-electron chi connectivity index (χ4n) is 5.78. The lowest BCUT2D eigenvalue weighted by atomic mass is 10.0. The number of carbonyl (C=O) groups is 2. The summed E-state index contributed by atoms with van der Waals surface area (Å²) in [6.45, 7) is -0.527. The predicted octanol–water partition coefficient (Wildman–Crippen LogP) is 6.24. The summed E-state index contributed by atoms with van der Waals surface area (Å²) in [5.41, 5.74) is 1.77. The Hall–Kier alpha value is -4.34. The van der Waals surface area contributed by atoms with Gasteiger partial charge in [0.15, 0.2) is 0 Å². The number of nitrogens with zero attached hydrogens (tertiary/aromatic N) is 2. The van der Waals surface area contributed by atoms with Crippen LogP contribution in [0.4, 0.5) is 5.69 Å². The van der Waals surface area contributed by atoms with Crippen molar-refractivity contribution in [3.63, 3.8) is 0 Å². The normalized spacial score (nSPS) is 14.0. The van der Waals surface area contributed by atoms with Gasteiger partial charge in [-0.3, -0.25) is 13.9 Å². The van der Waals surface area contributed by atoms with E-state index in [0.29, 0.717) is 5.75 Å². The number of hydrogen-bond acceptors (Lipinski definition) is 5. The molecule has 0 unspecified atom stereocenters. The lowest BCUT2D eigenvalue weighted by Gasteiger charge is -2.34. The first-order chi connectivity index (χ1) is 22.3. The summed E-state index contributed by atoms with van der Waals surface area (Å²) < 4.78 is 34.7. The number of amides is 2. The van der Waals surface area contributed by atoms with Crippen LogP contribution in [0.2, 0.25) is 5.02 Å². The van der Waals surface area contributed by atoms with Crippen molar-refractivity contribution in [2.45, 2.75) is 55.6 Å². The predicted molar refractivity (Wildman–Crippen MR) is 180 cm³/mol. The standard InChI is InChI=1S/C36H38ClN3O5S/c1-45-30-18-12-15-28(23-30)25-39(34(24-27-13-4-2-5-14-27)36(42)38-29-16-8-9-17-29)35(41)26-40(33-22-11-10-21-32(33)37)46(43,44)31-19-6-3-7-20-31/h2-7,10-15,18-23,29,34H,8-9,16-17,24-26H2,1H3,(H,38,42)/t34-/m0/s1. The number of rotatable bonds is 13. The van der Waals surface area contributed by atoms with Crippen LogP contribution >= 0.6 is 11.6 Å². The van der Waals surface area contributed by atoms with Gasteiger partial charge in [-0.15, -0.1) is 0 Å². The first kappa shape index (κ1) is 33.0. The van der Waals surface area contributed by atoms with Crippen LogP contribution < -0.4 is 14.4 Å². The number of hydrogen-bond donors (Lipinski definition) is 1. The van der Waals surface area contributed by atoms with Crippen molar-refractivity contribution >= 4 is 39.1 Å². The maximum atomic E-state index is 14.6. The number of sulfonamides is 1. The van der Waals surface area contributed by atoms with Gasteiger partial charge in [0, 0.05) is 19.0 Å². The molecule has 0 aliphatic heterocycles. The highest BCUT2D eigenvalue weighted by molar-refractivity contribution is 7.92. The van der Waals surface area contributed by atoms with Gasteiger partial charge in [-0.25, -0.2) is 8.42 Å². The van der Waals surface area contributed by atoms with E-state index in [2.05, 4.69) is 5.32 Å². The molecular formula is C36H38ClN3O5S. The third-order valence-electron chi connectivity index (χ3n) is 8.19. The second-order valence-corrected chi connectivity index (χ2v) is 13.6. The minimum absolute atomic E-state index is 0.0156. The number of halogens is 1. The van der Waals surface area contributed by atoms with Crippen LogP contribution in [0.15, 0.2) is 114 Å². The zero-order chi connectivity index (χ0) is 32.5. The molecule has 0 saturated heterocycles. The van der Waals surface area contributed by atoms with E-state index in [1.54, 1.807) is 61.7 Å². The Morgan fingerprint density at radius 3 is 2.17 bits per heavy atom. The minimum Gasteiger partial charge on any atom is -0.497 e. The lowest BCUT2D eigenvalue weighted by Crippen LogP contribution is -2.54. The molecule has 10 heteroatoms. The van der Waals surface area contributed by atoms with E-state index in [1.807, 2.05) is 42.5 Å². The summed E-state index contributed by atoms with van der Waals surface area (Å²) in [5, 5.41) is 3.36. The van der Waals surface area contributed by atoms with Gasteiger partial charge in [0.25, 0.3) is 10.0 Å². The van der Waals surface area contributed by atoms with Crippen LogP contribution in [0.1, 0.15) is 36.8 Å². The maximum absolute atomic E-state index is 14.6. The molecule has 0 bridgehead atoms. The number of nitrogens with one attached hydrogen (secondary N) is 1. The quantitative estimate of drug-likeness (QED) is 0.183. The first-order valence-corrected chi connectivity index (χ1v) is 17.2. The van der Waals surface area contributed by atoms with E-state index in [1.165, 1.54) is 17.0 Å². The number of methoxy groups -OCH3 is 1. The molecule has 240 valence electrons. The molecule has 1 aliphatic rings. The SMILES string of the molecule is COc1cccc(CN(C(=O)CN(c2ccccc2Cl)S(=O)(=O)c2ccccc2)[C@@H](Cc2ccccc2)C(=O)NC2CCCC2)c1. The molecule has 2 amide bonds. The van der Waals surface area contributed by atoms with Crippen molar-refractivity contribution in [2.24, 2.45) is 0 Å². The molecule has 4 aromatic rings. The molecule has 4 aromatic carbocycles. The summed E-state index contributed by atoms with van der Waals surface area (Å²) >= 11 is 6.55. The van der Waals surface area contributed by atoms with Gasteiger partial charge in [0.05, 0.1) is 22.7 Å². The maximum Gasteiger partial charge on any atom is 0.264 e. The second-order valence-electron chi connectivity index (χ2n) is 11.3. The smallest absolute Gasteiger partial charge is 0.264 e. The molecule has 1 atom stereocenters. The highest BCUT2D eigenvalue weighted by Crippen LogP contribution is 2.31. The minimum atomic E-state index is -4.23. The molecule has 0 aromatic heterocycles. The van der Waals surface area contributed by atoms with Crippen LogP contribution in [-0.4, -0.2) is 50.9 Å². The number of para-hydroxylation sites is 1. The van der Waals surface area contributed by atoms with E-state index in [-0.39, 0.29) is 40.5 Å². The molecule has 1 N–H and O–H groups in total. The van der Waals surface area contributed by atoms with Gasteiger partial charge in [0.2, 0.25) is 11.8 Å². The Balaban J connectivity index is 1.58. The zero-order valence-electron chi connectivity index (χ0n) is 25.7. The van der Waals surface area contributed by atoms with E-state index < -0.39 is 28.5 Å². The Morgan fingerprint density at radius 2 is 1.50 bits per heavy atom. The molecule has 46 heavy (non-hydrogen) atoms. The van der Waals surface area contributed by atoms with E-state index in [9.17, 15) is 18.0 Å². The fraction of sp³-hybridized carbons (Fsp3) is 0.278. The number of ether oxygens (including phenoxy) is 1. The molecule has 1 aliphatic carbocycles. The summed E-state index contributed by atoms with van der Waals surface area (Å²) in [6.07, 6.45) is 4.06. The highest BCUT2D eigenvalue weighted by Gasteiger charge is 2.36. The Kier molecular flexibility index (Phi) is 11.0. The van der Waals surface area contributed by atoms with E-state index >= 15 is 0 Å². The van der Waals surface area contributed by atoms with Gasteiger partial charge in [-0.05, 0) is 60.4 Å². The third-order valence-corrected chi connectivity index (χ3v) is 10.3. The highest BCUT2D eigenvalue weighted by atomic mass is 35.5. The van der Waals surface area contributed by atoms with Crippen molar-refractivity contribution in [2.75, 3.05) is 18.0 Å². The van der Waals surface area contributed by atoms with Gasteiger partial charge < -0.3 is 15.0 Å². The largest absolute Gasteiger partial charge is 0.497 e. The van der Waals surface area contributed by atoms with Gasteiger partial charge in [-0.1, -0.05) is 97.2 Å². The van der Waals surface area contributed by atoms with Crippen LogP contribution in [0.25, 0.3) is 0 Å². The van der Waals surface area contributed by atoms with Gasteiger partial charge >= 0.3 is 0 Å². The summed E-state index contributed by atoms with van der Waals surface area (Å²) in [7, 11) is -2.67. The van der Waals surface area contributed by atoms with Crippen molar-refractivity contribution in [1.82, 2.24) is 10.2 Å². The van der Waals surface area contributed by atoms with Gasteiger partial charge in [-0.2, -0.15) is 0 Å². The Morgan fingerprint density at radius 1 is 0.870 bits per heavy atom. The van der Waals surface area contributed by atoms with Crippen LogP contribution in [0.5, 0.6) is 5.75 Å². The van der Waals surface area contributed by atoms with Crippen molar-refractivity contribution < 1.29 is 22.7 Å². The van der Waals surface area contributed by atoms with Crippen molar-refractivity contribution in [1.29, 1.82) is 0 Å². The number of benzene rings is 4.